The molecule has 12 heteroatoms. The molecule has 1 unspecified atom stereocenters. The number of anilines is 2. The second kappa shape index (κ2) is 14.0. The summed E-state index contributed by atoms with van der Waals surface area (Å²) in [5, 5.41) is 9.54. The highest BCUT2D eigenvalue weighted by atomic mass is 28.4. The Morgan fingerprint density at radius 2 is 1.71 bits per heavy atom. The monoisotopic (exact) mass is 701 g/mol. The highest BCUT2D eigenvalue weighted by Gasteiger charge is 2.50. The Kier molecular flexibility index (Phi) is 9.36. The van der Waals surface area contributed by atoms with E-state index in [2.05, 4.69) is 94.6 Å². The number of amides is 1. The van der Waals surface area contributed by atoms with Crippen molar-refractivity contribution in [2.45, 2.75) is 51.3 Å². The van der Waals surface area contributed by atoms with Crippen LogP contribution in [0.4, 0.5) is 16.0 Å². The van der Waals surface area contributed by atoms with Gasteiger partial charge in [0.15, 0.2) is 5.65 Å². The van der Waals surface area contributed by atoms with Crippen molar-refractivity contribution < 1.29 is 18.3 Å². The van der Waals surface area contributed by atoms with E-state index < -0.39 is 20.0 Å². The quantitative estimate of drug-likeness (QED) is 0.165. The molecule has 1 saturated heterocycles. The number of nitrogens with zero attached hydrogens (tertiary/aromatic N) is 6. The third-order valence-corrected chi connectivity index (χ3v) is 14.5. The minimum absolute atomic E-state index is 0.190. The van der Waals surface area contributed by atoms with Crippen molar-refractivity contribution in [2.24, 2.45) is 0 Å². The minimum atomic E-state index is -2.84. The van der Waals surface area contributed by atoms with Gasteiger partial charge in [0.1, 0.15) is 23.0 Å². The van der Waals surface area contributed by atoms with Crippen molar-refractivity contribution in [3.8, 4) is 5.88 Å². The second-order valence-electron chi connectivity index (χ2n) is 13.6. The van der Waals surface area contributed by atoms with Gasteiger partial charge in [-0.05, 0) is 46.5 Å². The second-order valence-corrected chi connectivity index (χ2v) is 17.9. The first-order valence-electron chi connectivity index (χ1n) is 17.0. The molecule has 51 heavy (non-hydrogen) atoms. The zero-order valence-corrected chi connectivity index (χ0v) is 30.1. The summed E-state index contributed by atoms with van der Waals surface area (Å²) in [7, 11) is -1.32. The third-order valence-electron chi connectivity index (χ3n) is 9.53. The van der Waals surface area contributed by atoms with Crippen LogP contribution in [0.5, 0.6) is 5.88 Å². The van der Waals surface area contributed by atoms with E-state index in [-0.39, 0.29) is 17.7 Å². The van der Waals surface area contributed by atoms with E-state index in [9.17, 15) is 9.18 Å². The van der Waals surface area contributed by atoms with Gasteiger partial charge in [0.05, 0.1) is 32.2 Å². The number of hydrogen-bond acceptors (Lipinski definition) is 8. The first-order chi connectivity index (χ1) is 24.7. The molecular formula is C39H40FN7O3Si. The third kappa shape index (κ3) is 6.48. The molecule has 10 nitrogen and oxygen atoms in total. The number of nitrogens with one attached hydrogen (secondary N) is 1. The van der Waals surface area contributed by atoms with Gasteiger partial charge in [-0.1, -0.05) is 87.5 Å². The van der Waals surface area contributed by atoms with Crippen LogP contribution in [0.15, 0.2) is 110 Å². The van der Waals surface area contributed by atoms with Crippen molar-refractivity contribution in [3.05, 3.63) is 132 Å². The normalized spacial score (nSPS) is 14.9. The summed E-state index contributed by atoms with van der Waals surface area (Å²) in [4.78, 5) is 29.6. The molecule has 0 aliphatic carbocycles. The van der Waals surface area contributed by atoms with E-state index in [1.54, 1.807) is 16.9 Å². The lowest BCUT2D eigenvalue weighted by Crippen LogP contribution is -2.66. The van der Waals surface area contributed by atoms with Gasteiger partial charge in [-0.25, -0.2) is 23.9 Å². The van der Waals surface area contributed by atoms with Crippen molar-refractivity contribution in [2.75, 3.05) is 23.9 Å². The van der Waals surface area contributed by atoms with Crippen LogP contribution in [0.2, 0.25) is 5.04 Å². The number of benzene rings is 2. The van der Waals surface area contributed by atoms with Gasteiger partial charge in [0.25, 0.3) is 14.2 Å². The van der Waals surface area contributed by atoms with Gasteiger partial charge in [0.2, 0.25) is 5.88 Å². The maximum Gasteiger partial charge on any atom is 0.262 e. The number of carbonyl (C=O) groups excluding carboxylic acids is 1. The molecule has 5 heterocycles. The van der Waals surface area contributed by atoms with Gasteiger partial charge in [-0.2, -0.15) is 5.10 Å². The number of fused-ring (bicyclic) bond motifs is 1. The van der Waals surface area contributed by atoms with Crippen LogP contribution in [0, 0.1) is 5.82 Å². The van der Waals surface area contributed by atoms with Crippen molar-refractivity contribution in [1.29, 1.82) is 0 Å². The molecule has 1 aliphatic rings. The molecule has 1 amide bonds. The first-order valence-corrected chi connectivity index (χ1v) is 18.9. The molecule has 6 aromatic rings. The Balaban J connectivity index is 1.17. The number of methoxy groups -OCH3 is 1. The van der Waals surface area contributed by atoms with Crippen molar-refractivity contribution >= 4 is 41.9 Å². The zero-order chi connectivity index (χ0) is 35.6. The Labute approximate surface area is 297 Å². The molecule has 7 rings (SSSR count). The molecule has 1 aliphatic heterocycles. The van der Waals surface area contributed by atoms with Gasteiger partial charge < -0.3 is 19.4 Å². The number of pyridine rings is 2. The van der Waals surface area contributed by atoms with E-state index in [0.717, 1.165) is 24.6 Å². The van der Waals surface area contributed by atoms with E-state index >= 15 is 0 Å². The average Bonchev–Trinajstić information content (AvgIpc) is 3.80. The standard InChI is InChI=1S/C39H40FN7O3Si/c1-39(2,3)51(29-14-7-5-8-15-29,30-16-9-6-10-17-30)50-26-27-13-11-20-41-35(27)45-37(48)32-25-43-47-22-19-34(44-36(32)47)46-21-12-18-33(46)31-23-28(40)24-42-38(31)49-4/h5-11,13-17,19-20,22-25,33H,12,18,21,26H2,1-4H3,(H,41,45,48). The van der Waals surface area contributed by atoms with Crippen LogP contribution >= 0.6 is 0 Å². The Morgan fingerprint density at radius 3 is 2.39 bits per heavy atom. The van der Waals surface area contributed by atoms with Crippen LogP contribution in [0.25, 0.3) is 5.65 Å². The number of halogens is 1. The van der Waals surface area contributed by atoms with Gasteiger partial charge in [-0.3, -0.25) is 4.79 Å². The lowest BCUT2D eigenvalue weighted by atomic mass is 10.1. The topological polar surface area (TPSA) is 107 Å². The van der Waals surface area contributed by atoms with Crippen LogP contribution in [-0.2, 0) is 11.0 Å². The SMILES string of the molecule is COc1ncc(F)cc1C1CCCN1c1ccn2ncc(C(=O)Nc3ncccc3CO[Si](c3ccccc3)(c3ccccc3)C(C)(C)C)c2n1. The Hall–Kier alpha value is -5.46. The molecule has 1 N–H and O–H groups in total. The number of carbonyl (C=O) groups is 1. The number of rotatable bonds is 10. The number of hydrogen-bond donors (Lipinski definition) is 1. The molecule has 260 valence electrons. The van der Waals surface area contributed by atoms with Gasteiger partial charge in [-0.15, -0.1) is 0 Å². The van der Waals surface area contributed by atoms with Crippen LogP contribution in [0.1, 0.15) is 61.1 Å². The first kappa shape index (κ1) is 34.0. The maximum atomic E-state index is 14.3. The largest absolute Gasteiger partial charge is 0.481 e. The summed E-state index contributed by atoms with van der Waals surface area (Å²) in [5.74, 6) is 0.601. The average molecular weight is 702 g/mol. The minimum Gasteiger partial charge on any atom is -0.481 e. The van der Waals surface area contributed by atoms with E-state index in [0.29, 0.717) is 40.8 Å². The Bertz CT molecular complexity index is 2120. The fraction of sp³-hybridized carbons (Fsp3) is 0.256. The number of ether oxygens (including phenoxy) is 1. The summed E-state index contributed by atoms with van der Waals surface area (Å²) in [6.45, 7) is 7.63. The number of aromatic nitrogens is 5. The van der Waals surface area contributed by atoms with E-state index in [1.807, 2.05) is 30.3 Å². The summed E-state index contributed by atoms with van der Waals surface area (Å²) in [6, 6.07) is 27.8. The maximum absolute atomic E-state index is 14.3. The molecule has 0 saturated carbocycles. The van der Waals surface area contributed by atoms with E-state index in [1.165, 1.54) is 29.7 Å². The summed E-state index contributed by atoms with van der Waals surface area (Å²) in [6.07, 6.45) is 7.73. The molecule has 1 atom stereocenters. The highest BCUT2D eigenvalue weighted by Crippen LogP contribution is 2.40. The molecule has 0 radical (unpaired) electrons. The predicted molar refractivity (Wildman–Crippen MR) is 198 cm³/mol. The van der Waals surface area contributed by atoms with Crippen LogP contribution in [-0.4, -0.2) is 52.4 Å². The molecule has 2 aromatic carbocycles. The molecule has 0 spiro atoms. The fourth-order valence-electron chi connectivity index (χ4n) is 7.19. The van der Waals surface area contributed by atoms with Crippen LogP contribution in [0.3, 0.4) is 0 Å². The smallest absolute Gasteiger partial charge is 0.262 e. The van der Waals surface area contributed by atoms with Gasteiger partial charge >= 0.3 is 0 Å². The summed E-state index contributed by atoms with van der Waals surface area (Å²) >= 11 is 0. The predicted octanol–water partition coefficient (Wildman–Crippen LogP) is 6.34. The van der Waals surface area contributed by atoms with Crippen LogP contribution < -0.4 is 25.3 Å². The molecule has 4 aromatic heterocycles. The molecule has 1 fully saturated rings. The molecule has 0 bridgehead atoms. The Morgan fingerprint density at radius 1 is 0.980 bits per heavy atom. The fourth-order valence-corrected chi connectivity index (χ4v) is 11.7. The lowest BCUT2D eigenvalue weighted by Gasteiger charge is -2.43. The summed E-state index contributed by atoms with van der Waals surface area (Å²) in [5.41, 5.74) is 2.09. The summed E-state index contributed by atoms with van der Waals surface area (Å²) < 4.78 is 28.5. The lowest BCUT2D eigenvalue weighted by molar-refractivity contribution is 0.102. The van der Waals surface area contributed by atoms with Crippen molar-refractivity contribution in [1.82, 2.24) is 24.6 Å². The van der Waals surface area contributed by atoms with Gasteiger partial charge in [0, 0.05) is 30.1 Å². The van der Waals surface area contributed by atoms with E-state index in [4.69, 9.17) is 14.1 Å². The zero-order valence-electron chi connectivity index (χ0n) is 29.1. The van der Waals surface area contributed by atoms with Crippen molar-refractivity contribution in [3.63, 3.8) is 0 Å². The highest BCUT2D eigenvalue weighted by molar-refractivity contribution is 6.99. The molecular weight excluding hydrogens is 662 g/mol.